The first-order valence-corrected chi connectivity index (χ1v) is 10.7. The number of primary sulfonamides is 1. The Bertz CT molecular complexity index is 1480. The number of pyridine rings is 1. The Kier molecular flexibility index (Phi) is 4.48. The molecule has 0 fully saturated rings. The van der Waals surface area contributed by atoms with Gasteiger partial charge in [0, 0.05) is 10.6 Å². The highest BCUT2D eigenvalue weighted by molar-refractivity contribution is 7.91. The van der Waals surface area contributed by atoms with Crippen molar-refractivity contribution in [2.75, 3.05) is 0 Å². The third kappa shape index (κ3) is 3.20. The molecule has 0 unspecified atom stereocenters. The van der Waals surface area contributed by atoms with E-state index in [2.05, 4.69) is 4.98 Å². The predicted octanol–water partition coefficient (Wildman–Crippen LogP) is 2.93. The maximum absolute atomic E-state index is 11.9. The lowest BCUT2D eigenvalue weighted by Crippen LogP contribution is -2.10. The predicted molar refractivity (Wildman–Crippen MR) is 110 cm³/mol. The average molecular weight is 447 g/mol. The molecule has 0 atom stereocenters. The first-order chi connectivity index (χ1) is 13.7. The van der Waals surface area contributed by atoms with E-state index in [0.717, 1.165) is 16.9 Å². The Balaban J connectivity index is 1.84. The van der Waals surface area contributed by atoms with Crippen molar-refractivity contribution in [2.24, 2.45) is 5.14 Å². The van der Waals surface area contributed by atoms with Crippen molar-refractivity contribution in [3.8, 4) is 27.9 Å². The number of nitrogens with one attached hydrogen (secondary N) is 1. The summed E-state index contributed by atoms with van der Waals surface area (Å²) in [6.07, 6.45) is 0. The van der Waals surface area contributed by atoms with E-state index < -0.39 is 26.9 Å². The van der Waals surface area contributed by atoms with Crippen LogP contribution in [0.2, 0.25) is 5.15 Å². The maximum atomic E-state index is 11.9. The normalized spacial score (nSPS) is 11.6. The molecule has 0 spiro atoms. The van der Waals surface area contributed by atoms with Gasteiger partial charge >= 0.3 is 0 Å². The number of hydrogen-bond acceptors (Lipinski definition) is 6. The number of nitrogens with zero attached hydrogens (tertiary/aromatic N) is 2. The van der Waals surface area contributed by atoms with Gasteiger partial charge in [-0.2, -0.15) is 5.26 Å². The molecule has 0 aliphatic heterocycles. The summed E-state index contributed by atoms with van der Waals surface area (Å²) in [5.41, 5.74) is 0.715. The fourth-order valence-electron chi connectivity index (χ4n) is 2.98. The molecular formula is C18H11ClN4O4S2. The van der Waals surface area contributed by atoms with Crippen molar-refractivity contribution in [2.45, 2.75) is 4.21 Å². The molecule has 4 rings (SSSR count). The van der Waals surface area contributed by atoms with Gasteiger partial charge < -0.3 is 10.1 Å². The number of rotatable bonds is 3. The van der Waals surface area contributed by atoms with Gasteiger partial charge in [-0.3, -0.25) is 9.36 Å². The number of thiophene rings is 1. The zero-order valence-electron chi connectivity index (χ0n) is 14.4. The van der Waals surface area contributed by atoms with E-state index in [4.69, 9.17) is 22.0 Å². The van der Waals surface area contributed by atoms with E-state index in [9.17, 15) is 18.3 Å². The van der Waals surface area contributed by atoms with Gasteiger partial charge in [-0.05, 0) is 35.9 Å². The van der Waals surface area contributed by atoms with Crippen LogP contribution in [0, 0.1) is 11.3 Å². The van der Waals surface area contributed by atoms with Gasteiger partial charge in [-0.15, -0.1) is 11.3 Å². The molecule has 1 aromatic carbocycles. The van der Waals surface area contributed by atoms with Crippen LogP contribution >= 0.6 is 22.9 Å². The average Bonchev–Trinajstić information content (AvgIpc) is 3.27. The lowest BCUT2D eigenvalue weighted by atomic mass is 10.1. The number of nitrogens with two attached hydrogens (primary N) is 1. The number of aromatic amines is 1. The molecule has 0 radical (unpaired) electrons. The molecule has 3 aromatic heterocycles. The van der Waals surface area contributed by atoms with E-state index in [0.29, 0.717) is 10.6 Å². The van der Waals surface area contributed by atoms with E-state index in [1.54, 1.807) is 36.4 Å². The van der Waals surface area contributed by atoms with Crippen molar-refractivity contribution < 1.29 is 13.5 Å². The minimum atomic E-state index is -3.76. The van der Waals surface area contributed by atoms with Gasteiger partial charge in [-0.1, -0.05) is 23.7 Å². The highest BCUT2D eigenvalue weighted by Crippen LogP contribution is 2.35. The van der Waals surface area contributed by atoms with Gasteiger partial charge in [0.2, 0.25) is 10.0 Å². The zero-order chi connectivity index (χ0) is 20.9. The molecule has 29 heavy (non-hydrogen) atoms. The van der Waals surface area contributed by atoms with Crippen LogP contribution < -0.4 is 10.7 Å². The molecule has 0 aliphatic carbocycles. The number of nitriles is 1. The summed E-state index contributed by atoms with van der Waals surface area (Å²) in [5.74, 6) is -0.460. The molecule has 0 bridgehead atoms. The van der Waals surface area contributed by atoms with Crippen LogP contribution in [0.1, 0.15) is 5.56 Å². The van der Waals surface area contributed by atoms with Crippen LogP contribution in [0.4, 0.5) is 0 Å². The van der Waals surface area contributed by atoms with E-state index in [1.165, 1.54) is 16.7 Å². The minimum absolute atomic E-state index is 0.0638. The van der Waals surface area contributed by atoms with Crippen LogP contribution in [-0.4, -0.2) is 23.1 Å². The van der Waals surface area contributed by atoms with Gasteiger partial charge in [0.05, 0.1) is 5.52 Å². The summed E-state index contributed by atoms with van der Waals surface area (Å²) in [7, 11) is -3.76. The van der Waals surface area contributed by atoms with Crippen molar-refractivity contribution >= 4 is 44.0 Å². The monoisotopic (exact) mass is 446 g/mol. The fourth-order valence-corrected chi connectivity index (χ4v) is 5.00. The van der Waals surface area contributed by atoms with Gasteiger partial charge in [0.1, 0.15) is 20.9 Å². The molecule has 0 saturated carbocycles. The summed E-state index contributed by atoms with van der Waals surface area (Å²) in [6.45, 7) is 0. The smallest absolute Gasteiger partial charge is 0.270 e. The number of fused-ring (bicyclic) bond motifs is 1. The molecular weight excluding hydrogens is 436 g/mol. The molecule has 11 heteroatoms. The number of H-pyrrole nitrogens is 1. The molecule has 0 aliphatic rings. The Hall–Kier alpha value is -3.10. The second-order valence-electron chi connectivity index (χ2n) is 6.06. The zero-order valence-corrected chi connectivity index (χ0v) is 16.8. The molecule has 146 valence electrons. The Morgan fingerprint density at radius 1 is 1.21 bits per heavy atom. The second-order valence-corrected chi connectivity index (χ2v) is 9.32. The number of halogens is 1. The summed E-state index contributed by atoms with van der Waals surface area (Å²) in [5, 5.41) is 24.9. The van der Waals surface area contributed by atoms with Crippen LogP contribution in [0.15, 0.2) is 51.5 Å². The minimum Gasteiger partial charge on any atom is -0.504 e. The van der Waals surface area contributed by atoms with Crippen molar-refractivity contribution in [3.63, 3.8) is 0 Å². The van der Waals surface area contributed by atoms with Crippen molar-refractivity contribution in [1.29, 1.82) is 5.26 Å². The van der Waals surface area contributed by atoms with E-state index in [-0.39, 0.29) is 20.4 Å². The summed E-state index contributed by atoms with van der Waals surface area (Å²) in [6, 6.07) is 13.2. The number of aromatic hydroxyl groups is 1. The second kappa shape index (κ2) is 6.75. The molecule has 0 saturated heterocycles. The fraction of sp³-hybridized carbons (Fsp3) is 0. The molecule has 8 nitrogen and oxygen atoms in total. The van der Waals surface area contributed by atoms with Crippen LogP contribution in [0.5, 0.6) is 5.75 Å². The third-order valence-corrected chi connectivity index (χ3v) is 7.13. The highest BCUT2D eigenvalue weighted by atomic mass is 35.5. The molecule has 3 heterocycles. The van der Waals surface area contributed by atoms with Gasteiger partial charge in [-0.25, -0.2) is 13.6 Å². The number of aromatic nitrogens is 2. The topological polar surface area (TPSA) is 142 Å². The van der Waals surface area contributed by atoms with E-state index >= 15 is 0 Å². The number of sulfonamides is 1. The van der Waals surface area contributed by atoms with Gasteiger partial charge in [0.25, 0.3) is 5.56 Å². The third-order valence-electron chi connectivity index (χ3n) is 4.28. The Morgan fingerprint density at radius 2 is 1.90 bits per heavy atom. The molecule has 0 amide bonds. The summed E-state index contributed by atoms with van der Waals surface area (Å²) >= 11 is 7.35. The van der Waals surface area contributed by atoms with Crippen LogP contribution in [0.25, 0.3) is 27.2 Å². The quantitative estimate of drug-likeness (QED) is 0.443. The lowest BCUT2D eigenvalue weighted by Gasteiger charge is -2.09. The first-order valence-electron chi connectivity index (χ1n) is 8.00. The lowest BCUT2D eigenvalue weighted by molar-refractivity contribution is 0.476. The Morgan fingerprint density at radius 3 is 2.48 bits per heavy atom. The van der Waals surface area contributed by atoms with E-state index in [1.807, 2.05) is 0 Å². The number of hydrogen-bond donors (Lipinski definition) is 3. The van der Waals surface area contributed by atoms with Gasteiger partial charge in [0.15, 0.2) is 11.3 Å². The van der Waals surface area contributed by atoms with Crippen molar-refractivity contribution in [1.82, 2.24) is 9.55 Å². The number of benzene rings is 1. The Labute approximate surface area is 173 Å². The summed E-state index contributed by atoms with van der Waals surface area (Å²) in [4.78, 5) is 15.1. The molecule has 4 aromatic rings. The maximum Gasteiger partial charge on any atom is 0.270 e. The first kappa shape index (κ1) is 19.2. The SMILES string of the molecule is N#Cc1c(O)c2c(cc(Cl)n2-c2ccc(-c3ccc(S(N)(=O)=O)s3)cc2)[nH]c1=O. The van der Waals surface area contributed by atoms with Crippen LogP contribution in [0.3, 0.4) is 0 Å². The highest BCUT2D eigenvalue weighted by Gasteiger charge is 2.19. The summed E-state index contributed by atoms with van der Waals surface area (Å²) < 4.78 is 24.5. The molecule has 4 N–H and O–H groups in total. The standard InChI is InChI=1S/C18H11ClN4O4S2/c19-14-7-12-16(17(24)11(8-20)18(25)22-12)23(14)10-3-1-9(2-4-10)13-5-6-15(28-13)29(21,26)27/h1-7H,(H2,21,26,27)(H2,22,24,25). The largest absolute Gasteiger partial charge is 0.504 e. The van der Waals surface area contributed by atoms with Crippen LogP contribution in [-0.2, 0) is 10.0 Å². The van der Waals surface area contributed by atoms with Crippen molar-refractivity contribution in [3.05, 3.63) is 63.5 Å².